The zero-order chi connectivity index (χ0) is 27.7. The minimum atomic E-state index is -0.582. The summed E-state index contributed by atoms with van der Waals surface area (Å²) in [4.78, 5) is 34.7. The van der Waals surface area contributed by atoms with Crippen LogP contribution in [-0.2, 0) is 11.2 Å². The highest BCUT2D eigenvalue weighted by Crippen LogP contribution is 2.42. The summed E-state index contributed by atoms with van der Waals surface area (Å²) >= 11 is 0. The molecule has 2 amide bonds. The van der Waals surface area contributed by atoms with E-state index in [0.717, 1.165) is 12.1 Å². The maximum Gasteiger partial charge on any atom is 0.410 e. The molecule has 3 aromatic rings. The first kappa shape index (κ1) is 26.3. The van der Waals surface area contributed by atoms with E-state index >= 15 is 0 Å². The molecule has 39 heavy (non-hydrogen) atoms. The number of carbonyl (C=O) groups excluding carboxylic acids is 2. The number of benzene rings is 1. The van der Waals surface area contributed by atoms with Gasteiger partial charge in [0.15, 0.2) is 11.6 Å². The number of aromatic nitrogens is 2. The van der Waals surface area contributed by atoms with Crippen molar-refractivity contribution in [1.82, 2.24) is 20.2 Å². The average Bonchev–Trinajstić information content (AvgIpc) is 3.22. The van der Waals surface area contributed by atoms with Gasteiger partial charge in [-0.15, -0.1) is 0 Å². The van der Waals surface area contributed by atoms with Gasteiger partial charge in [0.25, 0.3) is 5.91 Å². The van der Waals surface area contributed by atoms with Crippen molar-refractivity contribution in [2.45, 2.75) is 45.3 Å². The molecule has 206 valence electrons. The number of fused-ring (bicyclic) bond motifs is 1. The van der Waals surface area contributed by atoms with E-state index < -0.39 is 11.4 Å². The summed E-state index contributed by atoms with van der Waals surface area (Å²) in [6.07, 6.45) is 4.25. The molecule has 1 atom stereocenters. The number of nitrogens with zero attached hydrogens (tertiary/aromatic N) is 2. The minimum Gasteiger partial charge on any atom is -0.492 e. The van der Waals surface area contributed by atoms with Gasteiger partial charge in [-0.1, -0.05) is 6.07 Å². The number of methoxy groups -OCH3 is 1. The molecule has 2 aliphatic heterocycles. The molecule has 0 saturated carbocycles. The largest absolute Gasteiger partial charge is 0.492 e. The zero-order valence-electron chi connectivity index (χ0n) is 22.4. The van der Waals surface area contributed by atoms with Crippen LogP contribution in [-0.4, -0.2) is 65.3 Å². The molecule has 1 aromatic carbocycles. The Bertz CT molecular complexity index is 1400. The Balaban J connectivity index is 1.46. The van der Waals surface area contributed by atoms with Crippen LogP contribution < -0.4 is 20.1 Å². The molecule has 0 spiro atoms. The molecule has 10 nitrogen and oxygen atoms in total. The van der Waals surface area contributed by atoms with Gasteiger partial charge in [0.1, 0.15) is 18.0 Å². The smallest absolute Gasteiger partial charge is 0.410 e. The van der Waals surface area contributed by atoms with Gasteiger partial charge in [-0.2, -0.15) is 0 Å². The summed E-state index contributed by atoms with van der Waals surface area (Å²) < 4.78 is 31.4. The second-order valence-corrected chi connectivity index (χ2v) is 10.5. The lowest BCUT2D eigenvalue weighted by atomic mass is 10.0. The van der Waals surface area contributed by atoms with Crippen LogP contribution in [0.3, 0.4) is 0 Å². The molecule has 0 bridgehead atoms. The maximum atomic E-state index is 14.5. The first-order valence-electron chi connectivity index (χ1n) is 12.9. The third-order valence-electron chi connectivity index (χ3n) is 6.65. The Hall–Kier alpha value is -4.28. The van der Waals surface area contributed by atoms with E-state index in [1.54, 1.807) is 35.5 Å². The van der Waals surface area contributed by atoms with Gasteiger partial charge in [-0.05, 0) is 45.4 Å². The number of anilines is 2. The van der Waals surface area contributed by atoms with Gasteiger partial charge < -0.3 is 34.7 Å². The number of amides is 2. The van der Waals surface area contributed by atoms with E-state index in [2.05, 4.69) is 20.6 Å². The first-order valence-corrected chi connectivity index (χ1v) is 12.9. The summed E-state index contributed by atoms with van der Waals surface area (Å²) in [6, 6.07) is 6.20. The highest BCUT2D eigenvalue weighted by atomic mass is 19.1. The lowest BCUT2D eigenvalue weighted by Crippen LogP contribution is -2.55. The van der Waals surface area contributed by atoms with E-state index in [1.165, 1.54) is 13.2 Å². The molecule has 5 rings (SSSR count). The quantitative estimate of drug-likeness (QED) is 0.402. The number of nitrogens with one attached hydrogen (secondary N) is 3. The molecule has 2 aromatic heterocycles. The SMILES string of the molecule is COc1c(F)cccc1Nc1c(-c2ccncc2OC[C@@H]2CCN2C(=O)OC(C)(C)C)[nH]c2c1C(=O)NCC2. The predicted octanol–water partition coefficient (Wildman–Crippen LogP) is 4.64. The lowest BCUT2D eigenvalue weighted by molar-refractivity contribution is -0.0141. The summed E-state index contributed by atoms with van der Waals surface area (Å²) in [5, 5.41) is 6.10. The Morgan fingerprint density at radius 1 is 1.28 bits per heavy atom. The van der Waals surface area contributed by atoms with E-state index in [1.807, 2.05) is 20.8 Å². The van der Waals surface area contributed by atoms with Crippen molar-refractivity contribution in [3.05, 3.63) is 53.7 Å². The molecule has 1 saturated heterocycles. The van der Waals surface area contributed by atoms with Crippen LogP contribution in [0.4, 0.5) is 20.6 Å². The number of aromatic amines is 1. The second kappa shape index (κ2) is 10.5. The fourth-order valence-corrected chi connectivity index (χ4v) is 4.72. The number of pyridine rings is 1. The third kappa shape index (κ3) is 5.34. The highest BCUT2D eigenvalue weighted by Gasteiger charge is 2.36. The molecule has 0 unspecified atom stereocenters. The van der Waals surface area contributed by atoms with Crippen molar-refractivity contribution in [3.63, 3.8) is 0 Å². The maximum absolute atomic E-state index is 14.5. The molecule has 0 radical (unpaired) electrons. The lowest BCUT2D eigenvalue weighted by Gasteiger charge is -2.41. The number of hydrogen-bond donors (Lipinski definition) is 3. The normalized spacial score (nSPS) is 16.6. The van der Waals surface area contributed by atoms with Crippen LogP contribution in [0.2, 0.25) is 0 Å². The van der Waals surface area contributed by atoms with Crippen molar-refractivity contribution < 1.29 is 28.2 Å². The molecule has 1 fully saturated rings. The number of likely N-dealkylation sites (tertiary alicyclic amines) is 1. The molecular weight excluding hydrogens is 505 g/mol. The van der Waals surface area contributed by atoms with Crippen LogP contribution in [0.15, 0.2) is 36.7 Å². The Kier molecular flexibility index (Phi) is 7.07. The van der Waals surface area contributed by atoms with Crippen LogP contribution in [0.25, 0.3) is 11.3 Å². The summed E-state index contributed by atoms with van der Waals surface area (Å²) in [5.74, 6) is -0.258. The topological polar surface area (TPSA) is 118 Å². The Morgan fingerprint density at radius 2 is 2.10 bits per heavy atom. The zero-order valence-corrected chi connectivity index (χ0v) is 22.4. The second-order valence-electron chi connectivity index (χ2n) is 10.5. The average molecular weight is 538 g/mol. The number of para-hydroxylation sites is 1. The molecule has 0 aliphatic carbocycles. The monoisotopic (exact) mass is 537 g/mol. The molecule has 11 heteroatoms. The standard InChI is InChI=1S/C28H32FN5O5/c1-28(2,3)39-27(36)34-13-10-16(34)15-38-21-14-30-11-8-17(21)23-24(22-19(32-23)9-12-31-26(22)35)33-20-7-5-6-18(29)25(20)37-4/h5-8,11,14,16,32-33H,9-10,12-13,15H2,1-4H3,(H,31,35)/t16-/m0/s1. The van der Waals surface area contributed by atoms with Gasteiger partial charge in [-0.25, -0.2) is 9.18 Å². The summed E-state index contributed by atoms with van der Waals surface area (Å²) in [5.41, 5.74) is 2.72. The Morgan fingerprint density at radius 3 is 2.82 bits per heavy atom. The van der Waals surface area contributed by atoms with Crippen LogP contribution in [0.1, 0.15) is 43.2 Å². The van der Waals surface area contributed by atoms with E-state index in [-0.39, 0.29) is 30.4 Å². The van der Waals surface area contributed by atoms with Crippen molar-refractivity contribution in [2.24, 2.45) is 0 Å². The number of rotatable bonds is 7. The minimum absolute atomic E-state index is 0.0352. The number of carbonyl (C=O) groups is 2. The number of H-pyrrole nitrogens is 1. The fraction of sp³-hybridized carbons (Fsp3) is 0.393. The highest BCUT2D eigenvalue weighted by molar-refractivity contribution is 6.06. The summed E-state index contributed by atoms with van der Waals surface area (Å²) in [7, 11) is 1.39. The number of hydrogen-bond acceptors (Lipinski definition) is 7. The van der Waals surface area contributed by atoms with Gasteiger partial charge in [0, 0.05) is 37.0 Å². The van der Waals surface area contributed by atoms with E-state index in [0.29, 0.717) is 53.5 Å². The number of halogens is 1. The first-order chi connectivity index (χ1) is 18.7. The van der Waals surface area contributed by atoms with Crippen LogP contribution >= 0.6 is 0 Å². The van der Waals surface area contributed by atoms with Crippen LogP contribution in [0, 0.1) is 5.82 Å². The fourth-order valence-electron chi connectivity index (χ4n) is 4.72. The summed E-state index contributed by atoms with van der Waals surface area (Å²) in [6.45, 7) is 6.85. The molecule has 4 heterocycles. The van der Waals surface area contributed by atoms with Crippen molar-refractivity contribution in [1.29, 1.82) is 0 Å². The van der Waals surface area contributed by atoms with Gasteiger partial charge in [0.2, 0.25) is 0 Å². The van der Waals surface area contributed by atoms with Gasteiger partial charge in [0.05, 0.1) is 42.0 Å². The number of ether oxygens (including phenoxy) is 3. The molecule has 3 N–H and O–H groups in total. The van der Waals surface area contributed by atoms with Crippen LogP contribution in [0.5, 0.6) is 11.5 Å². The van der Waals surface area contributed by atoms with Crippen molar-refractivity contribution in [2.75, 3.05) is 32.1 Å². The van der Waals surface area contributed by atoms with Gasteiger partial charge >= 0.3 is 6.09 Å². The molecular formula is C28H32FN5O5. The van der Waals surface area contributed by atoms with E-state index in [9.17, 15) is 14.0 Å². The Labute approximate surface area is 225 Å². The van der Waals surface area contributed by atoms with E-state index in [4.69, 9.17) is 14.2 Å². The molecule has 2 aliphatic rings. The van der Waals surface area contributed by atoms with Gasteiger partial charge in [-0.3, -0.25) is 9.78 Å². The van der Waals surface area contributed by atoms with Crippen molar-refractivity contribution in [3.8, 4) is 22.8 Å². The third-order valence-corrected chi connectivity index (χ3v) is 6.65. The predicted molar refractivity (Wildman–Crippen MR) is 143 cm³/mol. The van der Waals surface area contributed by atoms with Crippen molar-refractivity contribution >= 4 is 23.4 Å².